The summed E-state index contributed by atoms with van der Waals surface area (Å²) in [7, 11) is 1.62. The monoisotopic (exact) mass is 346 g/mol. The van der Waals surface area contributed by atoms with Crippen molar-refractivity contribution in [1.82, 2.24) is 10.2 Å². The Morgan fingerprint density at radius 1 is 0.958 bits per heavy atom. The van der Waals surface area contributed by atoms with Gasteiger partial charge in [-0.1, -0.05) is 0 Å². The summed E-state index contributed by atoms with van der Waals surface area (Å²) in [6.07, 6.45) is 3.00. The second-order valence-electron chi connectivity index (χ2n) is 5.90. The Labute approximate surface area is 145 Å². The van der Waals surface area contributed by atoms with Crippen LogP contribution in [-0.4, -0.2) is 89.8 Å². The number of rotatable bonds is 15. The van der Waals surface area contributed by atoms with E-state index in [0.29, 0.717) is 58.7 Å². The van der Waals surface area contributed by atoms with Crippen molar-refractivity contribution >= 4 is 5.91 Å². The Bertz CT molecular complexity index is 317. The first-order chi connectivity index (χ1) is 11.7. The zero-order chi connectivity index (χ0) is 17.5. The lowest BCUT2D eigenvalue weighted by Crippen LogP contribution is -2.30. The van der Waals surface area contributed by atoms with E-state index >= 15 is 0 Å². The van der Waals surface area contributed by atoms with Gasteiger partial charge in [0.15, 0.2) is 0 Å². The number of nitrogens with zero attached hydrogens (tertiary/aromatic N) is 1. The molecular formula is C17H34N2O5. The zero-order valence-corrected chi connectivity index (χ0v) is 15.3. The predicted molar refractivity (Wildman–Crippen MR) is 92.2 cm³/mol. The summed E-state index contributed by atoms with van der Waals surface area (Å²) in [5, 5.41) is 2.55. The Morgan fingerprint density at radius 2 is 1.50 bits per heavy atom. The standard InChI is InChI=1S/C17H34N2O5/c1-16-4-3-6-19(16)7-9-22-11-13-24-15-14-23-12-10-21-8-5-17(20)18-2/h16H,3-15H2,1-2H3,(H,18,20). The van der Waals surface area contributed by atoms with Crippen molar-refractivity contribution in [3.63, 3.8) is 0 Å². The van der Waals surface area contributed by atoms with E-state index in [0.717, 1.165) is 13.2 Å². The second kappa shape index (κ2) is 14.6. The highest BCUT2D eigenvalue weighted by Gasteiger charge is 2.18. The van der Waals surface area contributed by atoms with Gasteiger partial charge in [-0.15, -0.1) is 0 Å². The molecule has 1 aliphatic rings. The van der Waals surface area contributed by atoms with E-state index in [9.17, 15) is 4.79 Å². The maximum absolute atomic E-state index is 10.9. The molecule has 1 aliphatic heterocycles. The van der Waals surface area contributed by atoms with Crippen molar-refractivity contribution < 1.29 is 23.7 Å². The first-order valence-electron chi connectivity index (χ1n) is 8.99. The van der Waals surface area contributed by atoms with Crippen LogP contribution in [0.25, 0.3) is 0 Å². The summed E-state index contributed by atoms with van der Waals surface area (Å²) in [6, 6.07) is 0.703. The first kappa shape index (κ1) is 21.3. The summed E-state index contributed by atoms with van der Waals surface area (Å²) in [6.45, 7) is 9.05. The highest BCUT2D eigenvalue weighted by atomic mass is 16.6. The normalized spacial score (nSPS) is 18.2. The number of nitrogens with one attached hydrogen (secondary N) is 1. The molecule has 0 aromatic carbocycles. The van der Waals surface area contributed by atoms with Crippen molar-refractivity contribution in [2.75, 3.05) is 73.0 Å². The van der Waals surface area contributed by atoms with E-state index in [2.05, 4.69) is 17.1 Å². The van der Waals surface area contributed by atoms with E-state index in [1.807, 2.05) is 0 Å². The molecule has 1 heterocycles. The lowest BCUT2D eigenvalue weighted by Gasteiger charge is -2.20. The number of amides is 1. The third-order valence-electron chi connectivity index (χ3n) is 4.08. The van der Waals surface area contributed by atoms with Crippen LogP contribution in [0.15, 0.2) is 0 Å². The fourth-order valence-electron chi connectivity index (χ4n) is 2.56. The zero-order valence-electron chi connectivity index (χ0n) is 15.3. The smallest absolute Gasteiger partial charge is 0.222 e. The molecular weight excluding hydrogens is 312 g/mol. The number of likely N-dealkylation sites (tertiary alicyclic amines) is 1. The molecule has 142 valence electrons. The van der Waals surface area contributed by atoms with E-state index in [1.165, 1.54) is 19.4 Å². The average Bonchev–Trinajstić information content (AvgIpc) is 3.00. The molecule has 0 saturated carbocycles. The van der Waals surface area contributed by atoms with Crippen LogP contribution in [0.4, 0.5) is 0 Å². The lowest BCUT2D eigenvalue weighted by molar-refractivity contribution is -0.121. The summed E-state index contributed by atoms with van der Waals surface area (Å²) in [4.78, 5) is 13.4. The molecule has 1 saturated heterocycles. The Balaban J connectivity index is 1.71. The average molecular weight is 346 g/mol. The molecule has 0 bridgehead atoms. The summed E-state index contributed by atoms with van der Waals surface area (Å²) in [5.41, 5.74) is 0. The minimum Gasteiger partial charge on any atom is -0.379 e. The van der Waals surface area contributed by atoms with Gasteiger partial charge in [-0.3, -0.25) is 9.69 Å². The van der Waals surface area contributed by atoms with Crippen molar-refractivity contribution in [2.45, 2.75) is 32.2 Å². The fraction of sp³-hybridized carbons (Fsp3) is 0.941. The van der Waals surface area contributed by atoms with Gasteiger partial charge in [0.25, 0.3) is 0 Å². The van der Waals surface area contributed by atoms with Gasteiger partial charge in [0.05, 0.1) is 52.9 Å². The Morgan fingerprint density at radius 3 is 2.00 bits per heavy atom. The van der Waals surface area contributed by atoms with Crippen LogP contribution < -0.4 is 5.32 Å². The Kier molecular flexibility index (Phi) is 13.0. The minimum atomic E-state index is -0.0125. The van der Waals surface area contributed by atoms with Crippen LogP contribution in [-0.2, 0) is 23.7 Å². The highest BCUT2D eigenvalue weighted by molar-refractivity contribution is 5.75. The van der Waals surface area contributed by atoms with E-state index < -0.39 is 0 Å². The SMILES string of the molecule is CNC(=O)CCOCCOCCOCCOCCN1CCCC1C. The summed E-state index contributed by atoms with van der Waals surface area (Å²) < 4.78 is 21.7. The third-order valence-corrected chi connectivity index (χ3v) is 4.08. The Hall–Kier alpha value is -0.730. The van der Waals surface area contributed by atoms with Gasteiger partial charge >= 0.3 is 0 Å². The second-order valence-corrected chi connectivity index (χ2v) is 5.90. The highest BCUT2D eigenvalue weighted by Crippen LogP contribution is 2.15. The van der Waals surface area contributed by atoms with Crippen LogP contribution in [0.3, 0.4) is 0 Å². The molecule has 7 nitrogen and oxygen atoms in total. The first-order valence-corrected chi connectivity index (χ1v) is 8.99. The van der Waals surface area contributed by atoms with Gasteiger partial charge in [-0.05, 0) is 26.3 Å². The van der Waals surface area contributed by atoms with Gasteiger partial charge in [0.2, 0.25) is 5.91 Å². The van der Waals surface area contributed by atoms with Crippen LogP contribution >= 0.6 is 0 Å². The molecule has 1 fully saturated rings. The van der Waals surface area contributed by atoms with Crippen molar-refractivity contribution in [2.24, 2.45) is 0 Å². The molecule has 0 aromatic heterocycles. The molecule has 1 rings (SSSR count). The summed E-state index contributed by atoms with van der Waals surface area (Å²) in [5.74, 6) is -0.0125. The van der Waals surface area contributed by atoms with Gasteiger partial charge in [-0.25, -0.2) is 0 Å². The number of hydrogen-bond acceptors (Lipinski definition) is 6. The van der Waals surface area contributed by atoms with Gasteiger partial charge in [0, 0.05) is 26.1 Å². The maximum atomic E-state index is 10.9. The number of ether oxygens (including phenoxy) is 4. The number of carbonyl (C=O) groups excluding carboxylic acids is 1. The minimum absolute atomic E-state index is 0.0125. The lowest BCUT2D eigenvalue weighted by atomic mass is 10.2. The van der Waals surface area contributed by atoms with E-state index in [1.54, 1.807) is 7.05 Å². The quantitative estimate of drug-likeness (QED) is 0.440. The van der Waals surface area contributed by atoms with Gasteiger partial charge in [0.1, 0.15) is 0 Å². The molecule has 24 heavy (non-hydrogen) atoms. The summed E-state index contributed by atoms with van der Waals surface area (Å²) >= 11 is 0. The molecule has 1 amide bonds. The predicted octanol–water partition coefficient (Wildman–Crippen LogP) is 0.673. The number of hydrogen-bond donors (Lipinski definition) is 1. The molecule has 0 aromatic rings. The fourth-order valence-corrected chi connectivity index (χ4v) is 2.56. The third kappa shape index (κ3) is 10.9. The van der Waals surface area contributed by atoms with Crippen LogP contribution in [0, 0.1) is 0 Å². The van der Waals surface area contributed by atoms with Crippen molar-refractivity contribution in [1.29, 1.82) is 0 Å². The topological polar surface area (TPSA) is 69.3 Å². The van der Waals surface area contributed by atoms with Gasteiger partial charge in [-0.2, -0.15) is 0 Å². The van der Waals surface area contributed by atoms with Gasteiger partial charge < -0.3 is 24.3 Å². The van der Waals surface area contributed by atoms with Crippen molar-refractivity contribution in [3.05, 3.63) is 0 Å². The van der Waals surface area contributed by atoms with Crippen LogP contribution in [0.2, 0.25) is 0 Å². The molecule has 1 N–H and O–H groups in total. The molecule has 0 spiro atoms. The van der Waals surface area contributed by atoms with Crippen LogP contribution in [0.5, 0.6) is 0 Å². The van der Waals surface area contributed by atoms with E-state index in [4.69, 9.17) is 18.9 Å². The maximum Gasteiger partial charge on any atom is 0.222 e. The molecule has 0 aliphatic carbocycles. The van der Waals surface area contributed by atoms with Crippen LogP contribution in [0.1, 0.15) is 26.2 Å². The number of carbonyl (C=O) groups is 1. The van der Waals surface area contributed by atoms with Crippen molar-refractivity contribution in [3.8, 4) is 0 Å². The molecule has 1 unspecified atom stereocenters. The molecule has 0 radical (unpaired) electrons. The molecule has 1 atom stereocenters. The van der Waals surface area contributed by atoms with E-state index in [-0.39, 0.29) is 5.91 Å². The molecule has 7 heteroatoms. The largest absolute Gasteiger partial charge is 0.379 e.